The first kappa shape index (κ1) is 15.0. The van der Waals surface area contributed by atoms with Crippen LogP contribution in [-0.4, -0.2) is 0 Å². The Labute approximate surface area is 126 Å². The van der Waals surface area contributed by atoms with Crippen LogP contribution in [0, 0.1) is 0 Å². The molecule has 0 saturated carbocycles. The first-order valence-corrected chi connectivity index (χ1v) is 6.63. The summed E-state index contributed by atoms with van der Waals surface area (Å²) in [5.41, 5.74) is 4.91. The zero-order valence-corrected chi connectivity index (χ0v) is 12.3. The molecule has 0 atom stereocenters. The van der Waals surface area contributed by atoms with Crippen molar-refractivity contribution >= 4 is 44.6 Å². The molecule has 0 heterocycles. The quantitative estimate of drug-likeness (QED) is 0.695. The monoisotopic (exact) mass is 364 g/mol. The summed E-state index contributed by atoms with van der Waals surface area (Å²) in [5.74, 6) is 0. The molecule has 0 fully saturated rings. The SMILES string of the molecule is Nc1ccc(Nc2ccc(Br)cc2Cl)cc1C(F)(F)F. The topological polar surface area (TPSA) is 38.0 Å². The van der Waals surface area contributed by atoms with Crippen LogP contribution in [-0.2, 0) is 6.18 Å². The zero-order chi connectivity index (χ0) is 14.9. The van der Waals surface area contributed by atoms with Gasteiger partial charge in [-0.3, -0.25) is 0 Å². The van der Waals surface area contributed by atoms with Crippen molar-refractivity contribution in [1.29, 1.82) is 0 Å². The van der Waals surface area contributed by atoms with Gasteiger partial charge in [0.05, 0.1) is 16.3 Å². The Bertz CT molecular complexity index is 644. The van der Waals surface area contributed by atoms with Crippen molar-refractivity contribution < 1.29 is 13.2 Å². The van der Waals surface area contributed by atoms with Gasteiger partial charge in [0.1, 0.15) is 0 Å². The molecular formula is C13H9BrClF3N2. The molecular weight excluding hydrogens is 357 g/mol. The van der Waals surface area contributed by atoms with Crippen molar-refractivity contribution in [2.24, 2.45) is 0 Å². The van der Waals surface area contributed by atoms with Gasteiger partial charge in [-0.2, -0.15) is 13.2 Å². The molecule has 20 heavy (non-hydrogen) atoms. The largest absolute Gasteiger partial charge is 0.418 e. The van der Waals surface area contributed by atoms with Crippen molar-refractivity contribution in [3.05, 3.63) is 51.5 Å². The van der Waals surface area contributed by atoms with Crippen LogP contribution < -0.4 is 11.1 Å². The summed E-state index contributed by atoms with van der Waals surface area (Å²) >= 11 is 9.25. The van der Waals surface area contributed by atoms with Crippen LogP contribution >= 0.6 is 27.5 Å². The molecule has 0 bridgehead atoms. The summed E-state index contributed by atoms with van der Waals surface area (Å²) in [6.07, 6.45) is -4.49. The molecule has 0 saturated heterocycles. The highest BCUT2D eigenvalue weighted by atomic mass is 79.9. The van der Waals surface area contributed by atoms with Gasteiger partial charge >= 0.3 is 6.18 Å². The van der Waals surface area contributed by atoms with Gasteiger partial charge in [0, 0.05) is 15.8 Å². The van der Waals surface area contributed by atoms with E-state index in [1.807, 2.05) is 0 Å². The number of nitrogens with two attached hydrogens (primary N) is 1. The van der Waals surface area contributed by atoms with E-state index in [1.165, 1.54) is 12.1 Å². The number of halogens is 5. The Balaban J connectivity index is 2.35. The van der Waals surface area contributed by atoms with Crippen LogP contribution in [0.1, 0.15) is 5.56 Å². The molecule has 2 aromatic carbocycles. The number of anilines is 3. The van der Waals surface area contributed by atoms with E-state index >= 15 is 0 Å². The number of nitrogens with one attached hydrogen (secondary N) is 1. The molecule has 106 valence electrons. The molecule has 2 rings (SSSR count). The maximum Gasteiger partial charge on any atom is 0.418 e. The van der Waals surface area contributed by atoms with E-state index in [0.29, 0.717) is 10.7 Å². The predicted octanol–water partition coefficient (Wildman–Crippen LogP) is 5.45. The standard InChI is InChI=1S/C13H9BrClF3N2/c14-7-1-4-12(10(15)5-7)20-8-2-3-11(19)9(6-8)13(16,17)18/h1-6,20H,19H2. The summed E-state index contributed by atoms with van der Waals surface area (Å²) in [7, 11) is 0. The highest BCUT2D eigenvalue weighted by molar-refractivity contribution is 9.10. The van der Waals surface area contributed by atoms with Crippen LogP contribution in [0.2, 0.25) is 5.02 Å². The number of hydrogen-bond donors (Lipinski definition) is 2. The molecule has 0 aliphatic heterocycles. The Morgan fingerprint density at radius 1 is 1.10 bits per heavy atom. The normalized spacial score (nSPS) is 11.4. The van der Waals surface area contributed by atoms with E-state index in [9.17, 15) is 13.2 Å². The van der Waals surface area contributed by atoms with Gasteiger partial charge in [-0.05, 0) is 36.4 Å². The van der Waals surface area contributed by atoms with Crippen LogP contribution in [0.15, 0.2) is 40.9 Å². The average molecular weight is 366 g/mol. The Morgan fingerprint density at radius 2 is 1.80 bits per heavy atom. The number of benzene rings is 2. The molecule has 2 nitrogen and oxygen atoms in total. The predicted molar refractivity (Wildman–Crippen MR) is 78.3 cm³/mol. The molecule has 0 aliphatic rings. The van der Waals surface area contributed by atoms with Crippen molar-refractivity contribution in [3.63, 3.8) is 0 Å². The summed E-state index contributed by atoms with van der Waals surface area (Å²) < 4.78 is 39.1. The minimum atomic E-state index is -4.49. The minimum Gasteiger partial charge on any atom is -0.398 e. The molecule has 0 spiro atoms. The van der Waals surface area contributed by atoms with Gasteiger partial charge in [0.2, 0.25) is 0 Å². The number of hydrogen-bond acceptors (Lipinski definition) is 2. The maximum absolute atomic E-state index is 12.8. The van der Waals surface area contributed by atoms with E-state index in [0.717, 1.165) is 10.5 Å². The Hall–Kier alpha value is -1.40. The first-order valence-electron chi connectivity index (χ1n) is 5.46. The second-order valence-corrected chi connectivity index (χ2v) is 5.37. The second kappa shape index (κ2) is 5.54. The van der Waals surface area contributed by atoms with E-state index in [2.05, 4.69) is 21.2 Å². The highest BCUT2D eigenvalue weighted by Crippen LogP contribution is 2.36. The fourth-order valence-corrected chi connectivity index (χ4v) is 2.35. The molecule has 3 N–H and O–H groups in total. The third kappa shape index (κ3) is 3.37. The number of rotatable bonds is 2. The summed E-state index contributed by atoms with van der Waals surface area (Å²) in [6.45, 7) is 0. The second-order valence-electron chi connectivity index (χ2n) is 4.05. The fraction of sp³-hybridized carbons (Fsp3) is 0.0769. The van der Waals surface area contributed by atoms with Gasteiger partial charge in [-0.1, -0.05) is 27.5 Å². The smallest absolute Gasteiger partial charge is 0.398 e. The third-order valence-electron chi connectivity index (χ3n) is 2.57. The van der Waals surface area contributed by atoms with E-state index in [4.69, 9.17) is 17.3 Å². The lowest BCUT2D eigenvalue weighted by atomic mass is 10.1. The van der Waals surface area contributed by atoms with Crippen LogP contribution in [0.5, 0.6) is 0 Å². The Morgan fingerprint density at radius 3 is 2.40 bits per heavy atom. The van der Waals surface area contributed by atoms with E-state index in [-0.39, 0.29) is 11.4 Å². The van der Waals surface area contributed by atoms with Crippen LogP contribution in [0.4, 0.5) is 30.2 Å². The van der Waals surface area contributed by atoms with Gasteiger partial charge in [0.25, 0.3) is 0 Å². The number of nitrogen functional groups attached to an aromatic ring is 1. The Kier molecular flexibility index (Phi) is 4.15. The lowest BCUT2D eigenvalue weighted by Crippen LogP contribution is -2.09. The lowest BCUT2D eigenvalue weighted by molar-refractivity contribution is -0.136. The lowest BCUT2D eigenvalue weighted by Gasteiger charge is -2.14. The molecule has 2 aromatic rings. The highest BCUT2D eigenvalue weighted by Gasteiger charge is 2.33. The maximum atomic E-state index is 12.8. The molecule has 0 radical (unpaired) electrons. The fourth-order valence-electron chi connectivity index (χ4n) is 1.63. The van der Waals surface area contributed by atoms with Crippen LogP contribution in [0.3, 0.4) is 0 Å². The average Bonchev–Trinajstić information content (AvgIpc) is 2.33. The van der Waals surface area contributed by atoms with Crippen molar-refractivity contribution in [1.82, 2.24) is 0 Å². The molecule has 7 heteroatoms. The van der Waals surface area contributed by atoms with Gasteiger partial charge in [0.15, 0.2) is 0 Å². The summed E-state index contributed by atoms with van der Waals surface area (Å²) in [5, 5.41) is 3.22. The van der Waals surface area contributed by atoms with Crippen molar-refractivity contribution in [3.8, 4) is 0 Å². The van der Waals surface area contributed by atoms with Crippen molar-refractivity contribution in [2.45, 2.75) is 6.18 Å². The first-order chi connectivity index (χ1) is 9.27. The van der Waals surface area contributed by atoms with Gasteiger partial charge in [-0.25, -0.2) is 0 Å². The zero-order valence-electron chi connectivity index (χ0n) is 9.93. The van der Waals surface area contributed by atoms with E-state index in [1.54, 1.807) is 18.2 Å². The summed E-state index contributed by atoms with van der Waals surface area (Å²) in [4.78, 5) is 0. The van der Waals surface area contributed by atoms with Crippen LogP contribution in [0.25, 0.3) is 0 Å². The van der Waals surface area contributed by atoms with E-state index < -0.39 is 11.7 Å². The third-order valence-corrected chi connectivity index (χ3v) is 3.37. The minimum absolute atomic E-state index is 0.260. The molecule has 0 aromatic heterocycles. The molecule has 0 aliphatic carbocycles. The summed E-state index contributed by atoms with van der Waals surface area (Å²) in [6, 6.07) is 8.66. The van der Waals surface area contributed by atoms with Gasteiger partial charge in [-0.15, -0.1) is 0 Å². The molecule has 0 amide bonds. The molecule has 0 unspecified atom stereocenters. The van der Waals surface area contributed by atoms with Gasteiger partial charge < -0.3 is 11.1 Å². The number of alkyl halides is 3. The van der Waals surface area contributed by atoms with Crippen molar-refractivity contribution in [2.75, 3.05) is 11.1 Å².